The van der Waals surface area contributed by atoms with Gasteiger partial charge in [0.1, 0.15) is 23.1 Å². The Bertz CT molecular complexity index is 3040. The third kappa shape index (κ3) is 9.60. The number of nitro groups is 1. The number of carbonyl (C=O) groups is 1. The second-order valence-electron chi connectivity index (χ2n) is 23.2. The molecular formula is C56H70N8O9S. The fourth-order valence-electron chi connectivity index (χ4n) is 13.1. The summed E-state index contributed by atoms with van der Waals surface area (Å²) in [7, 11) is -4.63. The lowest BCUT2D eigenvalue weighted by Crippen LogP contribution is -2.64. The smallest absolute Gasteiger partial charge is 0.293 e. The van der Waals surface area contributed by atoms with Gasteiger partial charge in [0, 0.05) is 61.2 Å². The quantitative estimate of drug-likeness (QED) is 0.0679. The van der Waals surface area contributed by atoms with Crippen LogP contribution >= 0.6 is 0 Å². The van der Waals surface area contributed by atoms with Crippen LogP contribution in [0.25, 0.3) is 11.0 Å². The van der Waals surface area contributed by atoms with E-state index >= 15 is 0 Å². The first kappa shape index (κ1) is 50.4. The maximum Gasteiger partial charge on any atom is 0.293 e. The molecule has 2 saturated carbocycles. The minimum absolute atomic E-state index is 0.112. The van der Waals surface area contributed by atoms with Crippen molar-refractivity contribution in [1.29, 1.82) is 0 Å². The van der Waals surface area contributed by atoms with Gasteiger partial charge in [-0.3, -0.25) is 19.8 Å². The predicted octanol–water partition coefficient (Wildman–Crippen LogP) is 9.36. The van der Waals surface area contributed by atoms with E-state index < -0.39 is 43.1 Å². The van der Waals surface area contributed by atoms with Gasteiger partial charge in [-0.15, -0.1) is 0 Å². The van der Waals surface area contributed by atoms with E-state index in [1.807, 2.05) is 37.4 Å². The number of amides is 1. The molecule has 4 aliphatic heterocycles. The molecular weight excluding hydrogens is 961 g/mol. The number of benzene rings is 3. The molecule has 3 atom stereocenters. The van der Waals surface area contributed by atoms with Crippen molar-refractivity contribution in [3.05, 3.63) is 106 Å². The summed E-state index contributed by atoms with van der Waals surface area (Å²) >= 11 is 0. The van der Waals surface area contributed by atoms with Crippen LogP contribution in [0.4, 0.5) is 28.4 Å². The number of hydrogen-bond acceptors (Lipinski definition) is 14. The van der Waals surface area contributed by atoms with Gasteiger partial charge < -0.3 is 39.4 Å². The Morgan fingerprint density at radius 3 is 2.47 bits per heavy atom. The number of aromatic amines is 1. The maximum atomic E-state index is 14.8. The molecule has 2 aromatic heterocycles. The van der Waals surface area contributed by atoms with Crippen LogP contribution in [0.3, 0.4) is 0 Å². The second-order valence-corrected chi connectivity index (χ2v) is 24.8. The molecule has 4 N–H and O–H groups in total. The molecule has 0 unspecified atom stereocenters. The molecule has 74 heavy (non-hydrogen) atoms. The number of pyridine rings is 1. The van der Waals surface area contributed by atoms with Gasteiger partial charge in [-0.25, -0.2) is 13.1 Å². The van der Waals surface area contributed by atoms with E-state index in [1.54, 1.807) is 6.07 Å². The molecule has 1 amide bonds. The molecule has 0 bridgehead atoms. The highest BCUT2D eigenvalue weighted by Crippen LogP contribution is 2.55. The molecule has 5 fully saturated rings. The predicted molar refractivity (Wildman–Crippen MR) is 284 cm³/mol. The Kier molecular flexibility index (Phi) is 13.2. The van der Waals surface area contributed by atoms with Crippen molar-refractivity contribution >= 4 is 55.4 Å². The van der Waals surface area contributed by atoms with Gasteiger partial charge in [0.15, 0.2) is 0 Å². The average Bonchev–Trinajstić information content (AvgIpc) is 3.83. The monoisotopic (exact) mass is 1030 g/mol. The van der Waals surface area contributed by atoms with Crippen LogP contribution in [0.1, 0.15) is 126 Å². The van der Waals surface area contributed by atoms with Gasteiger partial charge in [-0.05, 0) is 149 Å². The first-order valence-electron chi connectivity index (χ1n) is 26.6. The SMILES string of the molecule is CC(C)c1ccccc1[C@@H]1COCC(C)(C)N1C1CC2(CCN(c3ccc(C(=O)NS(=O)(=O)c4ccc(NC[C@H]5CC[C@](C)(O)CC5)c([N+](=O)[O-])c4)c(N4c5cc6cc[nH]c6nc5O[C@H]5COCC[C@@H]54)c3)CC2)C1. The highest BCUT2D eigenvalue weighted by atomic mass is 32.2. The molecule has 2 aliphatic carbocycles. The van der Waals surface area contributed by atoms with E-state index in [1.165, 1.54) is 23.3 Å². The number of hydrogen-bond donors (Lipinski definition) is 4. The normalized spacial score (nSPS) is 26.0. The lowest BCUT2D eigenvalue weighted by Gasteiger charge is -2.61. The second kappa shape index (κ2) is 19.4. The number of nitrogens with one attached hydrogen (secondary N) is 3. The molecule has 0 radical (unpaired) electrons. The largest absolute Gasteiger partial charge is 0.468 e. The van der Waals surface area contributed by atoms with Crippen LogP contribution in [-0.4, -0.2) is 115 Å². The van der Waals surface area contributed by atoms with Crippen molar-refractivity contribution in [3.63, 3.8) is 0 Å². The van der Waals surface area contributed by atoms with Gasteiger partial charge in [0.2, 0.25) is 5.88 Å². The number of morpholine rings is 1. The van der Waals surface area contributed by atoms with E-state index in [-0.39, 0.29) is 40.2 Å². The molecule has 6 heterocycles. The summed E-state index contributed by atoms with van der Waals surface area (Å²) in [6.45, 7) is 15.2. The van der Waals surface area contributed by atoms with Crippen molar-refractivity contribution < 1.29 is 37.5 Å². The number of piperidine rings is 1. The number of aliphatic hydroxyl groups is 1. The minimum atomic E-state index is -4.63. The number of carbonyl (C=O) groups excluding carboxylic acids is 1. The summed E-state index contributed by atoms with van der Waals surface area (Å²) in [5.74, 6) is 0.0899. The topological polar surface area (TPSA) is 205 Å². The fourth-order valence-corrected chi connectivity index (χ4v) is 14.1. The number of fused-ring (bicyclic) bond motifs is 3. The van der Waals surface area contributed by atoms with Crippen molar-refractivity contribution in [2.45, 2.75) is 139 Å². The average molecular weight is 1030 g/mol. The third-order valence-corrected chi connectivity index (χ3v) is 18.5. The first-order valence-corrected chi connectivity index (χ1v) is 28.0. The zero-order chi connectivity index (χ0) is 51.7. The highest BCUT2D eigenvalue weighted by Gasteiger charge is 2.53. The van der Waals surface area contributed by atoms with E-state index in [9.17, 15) is 28.4 Å². The number of sulfonamides is 1. The fraction of sp³-hybridized carbons (Fsp3) is 0.536. The number of anilines is 4. The number of ether oxygens (including phenoxy) is 3. The minimum Gasteiger partial charge on any atom is -0.468 e. The summed E-state index contributed by atoms with van der Waals surface area (Å²) in [4.78, 5) is 41.4. The van der Waals surface area contributed by atoms with Crippen molar-refractivity contribution in [1.82, 2.24) is 19.6 Å². The van der Waals surface area contributed by atoms with E-state index in [4.69, 9.17) is 19.2 Å². The molecule has 11 rings (SSSR count). The van der Waals surface area contributed by atoms with Crippen LogP contribution < -0.4 is 24.6 Å². The summed E-state index contributed by atoms with van der Waals surface area (Å²) in [5, 5.41) is 26.8. The van der Waals surface area contributed by atoms with Gasteiger partial charge in [-0.2, -0.15) is 4.98 Å². The summed E-state index contributed by atoms with van der Waals surface area (Å²) in [6, 6.07) is 22.3. The molecule has 5 aromatic rings. The summed E-state index contributed by atoms with van der Waals surface area (Å²) in [5.41, 5.74) is 4.68. The lowest BCUT2D eigenvalue weighted by atomic mass is 9.59. The lowest BCUT2D eigenvalue weighted by molar-refractivity contribution is -0.384. The van der Waals surface area contributed by atoms with Crippen LogP contribution in [-0.2, 0) is 19.5 Å². The Hall–Kier alpha value is -5.79. The third-order valence-electron chi connectivity index (χ3n) is 17.2. The van der Waals surface area contributed by atoms with Gasteiger partial charge >= 0.3 is 0 Å². The Morgan fingerprint density at radius 1 is 0.946 bits per heavy atom. The Labute approximate surface area is 433 Å². The summed E-state index contributed by atoms with van der Waals surface area (Å²) < 4.78 is 49.5. The molecule has 3 saturated heterocycles. The number of nitrogens with zero attached hydrogens (tertiary/aromatic N) is 5. The van der Waals surface area contributed by atoms with E-state index in [0.717, 1.165) is 68.8 Å². The van der Waals surface area contributed by atoms with E-state index in [2.05, 4.69) is 81.7 Å². The molecule has 17 nitrogen and oxygen atoms in total. The van der Waals surface area contributed by atoms with Gasteiger partial charge in [0.05, 0.1) is 58.6 Å². The molecule has 394 valence electrons. The number of aromatic nitrogens is 2. The van der Waals surface area contributed by atoms with Crippen molar-refractivity contribution in [2.75, 3.05) is 61.2 Å². The Balaban J connectivity index is 0.871. The van der Waals surface area contributed by atoms with Crippen LogP contribution in [0.15, 0.2) is 83.9 Å². The van der Waals surface area contributed by atoms with Crippen molar-refractivity contribution in [3.8, 4) is 5.88 Å². The standard InChI is InChI=1S/C56H70N8O9S/c1-35(2)41-8-6-7-9-42(41)49-32-72-34-54(3,4)63(49)39-29-56(30-39)20-23-61(24-21-56)38-10-12-43(46(27-38)62-45-17-25-71-33-50(45)73-53-48(62)26-37-16-22-57-51(37)59-53)52(65)60-74(69,70)40-11-13-44(47(28-40)64(67)68)58-31-36-14-18-55(5,66)19-15-36/h6-13,16,22,26-28,35-36,39,45,49-50,58,66H,14-15,17-21,23-25,29-34H2,1-5H3,(H,57,59)(H,60,65)/t36-,45-,49-,50-,55-/m0/s1. The van der Waals surface area contributed by atoms with Crippen LogP contribution in [0.2, 0.25) is 0 Å². The van der Waals surface area contributed by atoms with Gasteiger partial charge in [-0.1, -0.05) is 38.1 Å². The van der Waals surface area contributed by atoms with Crippen LogP contribution in [0, 0.1) is 21.4 Å². The van der Waals surface area contributed by atoms with Gasteiger partial charge in [0.25, 0.3) is 21.6 Å². The Morgan fingerprint density at radius 2 is 1.72 bits per heavy atom. The summed E-state index contributed by atoms with van der Waals surface area (Å²) in [6.07, 6.45) is 9.00. The first-order chi connectivity index (χ1) is 35.4. The van der Waals surface area contributed by atoms with Crippen LogP contribution in [0.5, 0.6) is 5.88 Å². The molecule has 6 aliphatic rings. The zero-order valence-corrected chi connectivity index (χ0v) is 44.0. The van der Waals surface area contributed by atoms with E-state index in [0.29, 0.717) is 87.1 Å². The van der Waals surface area contributed by atoms with Crippen molar-refractivity contribution in [2.24, 2.45) is 11.3 Å². The molecule has 18 heteroatoms. The number of H-pyrrole nitrogens is 1. The maximum absolute atomic E-state index is 14.8. The molecule has 3 aromatic carbocycles. The zero-order valence-electron chi connectivity index (χ0n) is 43.1. The number of rotatable bonds is 12. The highest BCUT2D eigenvalue weighted by molar-refractivity contribution is 7.90. The number of nitro benzene ring substituents is 1. The molecule has 1 spiro atoms.